The van der Waals surface area contributed by atoms with E-state index in [9.17, 15) is 22.8 Å². The minimum atomic E-state index is -2.79. The lowest BCUT2D eigenvalue weighted by Crippen LogP contribution is -2.34. The number of carbonyl (C=O) groups excluding carboxylic acids is 1. The monoisotopic (exact) mass is 474 g/mol. The van der Waals surface area contributed by atoms with E-state index in [2.05, 4.69) is 15.3 Å². The van der Waals surface area contributed by atoms with Gasteiger partial charge in [-0.1, -0.05) is 18.2 Å². The lowest BCUT2D eigenvalue weighted by atomic mass is 9.90. The Labute approximate surface area is 196 Å². The standard InChI is InChI=1S/C24H26F3N5O2/c1-14(16-4-3-5-17(21(26)27)20(16)11-25)30-22-19-10-18(15-6-8-32(13-33)9-7-15)24(34)31(2)23(19)29-12-28-22/h3-5,10,12-15,21H,6-9,11H2,1-2H3,(H,28,29,30)/t14-/m1/s1/i13D. The second-order valence-electron chi connectivity index (χ2n) is 8.49. The molecule has 7 nitrogen and oxygen atoms in total. The predicted molar refractivity (Wildman–Crippen MR) is 123 cm³/mol. The topological polar surface area (TPSA) is 80.1 Å². The molecule has 180 valence electrons. The number of hydrogen-bond donors (Lipinski definition) is 1. The van der Waals surface area contributed by atoms with Crippen LogP contribution in [0.4, 0.5) is 19.0 Å². The molecule has 10 heteroatoms. The number of amides is 1. The van der Waals surface area contributed by atoms with Gasteiger partial charge in [-0.2, -0.15) is 0 Å². The fourth-order valence-corrected chi connectivity index (χ4v) is 4.65. The number of alkyl halides is 3. The molecule has 1 aromatic carbocycles. The van der Waals surface area contributed by atoms with Gasteiger partial charge in [0.25, 0.3) is 12.0 Å². The molecule has 2 aromatic heterocycles. The molecule has 0 radical (unpaired) electrons. The normalized spacial score (nSPS) is 16.1. The number of anilines is 1. The number of nitrogens with zero attached hydrogens (tertiary/aromatic N) is 4. The highest BCUT2D eigenvalue weighted by Gasteiger charge is 2.25. The summed E-state index contributed by atoms with van der Waals surface area (Å²) < 4.78 is 49.2. The van der Waals surface area contributed by atoms with Crippen LogP contribution in [0.25, 0.3) is 11.0 Å². The molecule has 0 saturated carbocycles. The third-order valence-corrected chi connectivity index (χ3v) is 6.53. The van der Waals surface area contributed by atoms with Gasteiger partial charge in [-0.05, 0) is 42.9 Å². The highest BCUT2D eigenvalue weighted by Crippen LogP contribution is 2.33. The molecule has 1 N–H and O–H groups in total. The van der Waals surface area contributed by atoms with Gasteiger partial charge in [-0.3, -0.25) is 14.2 Å². The molecule has 3 heterocycles. The summed E-state index contributed by atoms with van der Waals surface area (Å²) in [6.45, 7) is 1.50. The van der Waals surface area contributed by atoms with Gasteiger partial charge >= 0.3 is 0 Å². The van der Waals surface area contributed by atoms with Gasteiger partial charge in [-0.25, -0.2) is 23.1 Å². The number of nitrogens with one attached hydrogen (secondary N) is 1. The maximum atomic E-state index is 13.7. The average Bonchev–Trinajstić information content (AvgIpc) is 2.85. The van der Waals surface area contributed by atoms with E-state index < -0.39 is 25.5 Å². The van der Waals surface area contributed by atoms with Crippen LogP contribution in [0.3, 0.4) is 0 Å². The average molecular weight is 475 g/mol. The van der Waals surface area contributed by atoms with E-state index in [-0.39, 0.29) is 22.6 Å². The fraction of sp³-hybridized carbons (Fsp3) is 0.417. The van der Waals surface area contributed by atoms with E-state index in [1.165, 1.54) is 27.9 Å². The molecule has 4 rings (SSSR count). The van der Waals surface area contributed by atoms with Crippen LogP contribution in [-0.4, -0.2) is 38.9 Å². The molecule has 1 saturated heterocycles. The summed E-state index contributed by atoms with van der Waals surface area (Å²) >= 11 is 0. The number of piperidine rings is 1. The van der Waals surface area contributed by atoms with E-state index in [4.69, 9.17) is 1.37 Å². The van der Waals surface area contributed by atoms with E-state index in [1.54, 1.807) is 26.1 Å². The number of pyridine rings is 1. The van der Waals surface area contributed by atoms with Crippen molar-refractivity contribution in [2.45, 2.75) is 44.8 Å². The Morgan fingerprint density at radius 3 is 2.62 bits per heavy atom. The second-order valence-corrected chi connectivity index (χ2v) is 8.49. The smallest absolute Gasteiger partial charge is 0.264 e. The number of hydrogen-bond acceptors (Lipinski definition) is 5. The molecule has 34 heavy (non-hydrogen) atoms. The van der Waals surface area contributed by atoms with Crippen molar-refractivity contribution in [3.8, 4) is 0 Å². The zero-order chi connectivity index (χ0) is 25.3. The Morgan fingerprint density at radius 2 is 1.97 bits per heavy atom. The Morgan fingerprint density at radius 1 is 1.26 bits per heavy atom. The summed E-state index contributed by atoms with van der Waals surface area (Å²) in [6.07, 6.45) is -1.11. The van der Waals surface area contributed by atoms with Crippen molar-refractivity contribution in [1.82, 2.24) is 19.4 Å². The SMILES string of the molecule is [2H]C(=O)N1CCC(c2cc3c(N[C@H](C)c4cccc(C(F)F)c4CF)ncnc3n(C)c2=O)CC1. The van der Waals surface area contributed by atoms with Crippen molar-refractivity contribution in [3.05, 3.63) is 63.2 Å². The molecular formula is C24H26F3N5O2. The van der Waals surface area contributed by atoms with E-state index in [1.807, 2.05) is 0 Å². The van der Waals surface area contributed by atoms with Gasteiger partial charge in [0.15, 0.2) is 0 Å². The van der Waals surface area contributed by atoms with Crippen molar-refractivity contribution < 1.29 is 19.3 Å². The summed E-state index contributed by atoms with van der Waals surface area (Å²) in [5, 5.41) is 3.76. The minimum absolute atomic E-state index is 0.0512. The van der Waals surface area contributed by atoms with Gasteiger partial charge in [0.05, 0.1) is 11.4 Å². The lowest BCUT2D eigenvalue weighted by Gasteiger charge is -2.29. The Balaban J connectivity index is 1.71. The van der Waals surface area contributed by atoms with Crippen molar-refractivity contribution in [2.24, 2.45) is 7.05 Å². The van der Waals surface area contributed by atoms with Gasteiger partial charge in [0.1, 0.15) is 25.8 Å². The molecule has 1 aliphatic rings. The molecule has 0 aliphatic carbocycles. The van der Waals surface area contributed by atoms with E-state index in [0.29, 0.717) is 53.9 Å². The molecule has 1 amide bonds. The third kappa shape index (κ3) is 4.36. The van der Waals surface area contributed by atoms with Crippen LogP contribution in [0.1, 0.15) is 61.8 Å². The molecule has 1 aliphatic heterocycles. The molecule has 1 atom stereocenters. The van der Waals surface area contributed by atoms with Gasteiger partial charge in [-0.15, -0.1) is 0 Å². The van der Waals surface area contributed by atoms with E-state index >= 15 is 0 Å². The van der Waals surface area contributed by atoms with Crippen molar-refractivity contribution in [2.75, 3.05) is 18.4 Å². The Kier molecular flexibility index (Phi) is 6.46. The first-order valence-electron chi connectivity index (χ1n) is 11.5. The number of rotatable bonds is 6. The quantitative estimate of drug-likeness (QED) is 0.541. The number of aromatic nitrogens is 3. The van der Waals surface area contributed by atoms with Crippen LogP contribution in [0.2, 0.25) is 0 Å². The van der Waals surface area contributed by atoms with Crippen LogP contribution in [-0.2, 0) is 18.5 Å². The zero-order valence-corrected chi connectivity index (χ0v) is 18.9. The first kappa shape index (κ1) is 22.4. The lowest BCUT2D eigenvalue weighted by molar-refractivity contribution is -0.119. The largest absolute Gasteiger partial charge is 0.363 e. The summed E-state index contributed by atoms with van der Waals surface area (Å²) in [7, 11) is 1.62. The maximum Gasteiger partial charge on any atom is 0.264 e. The molecule has 0 spiro atoms. The third-order valence-electron chi connectivity index (χ3n) is 6.53. The maximum absolute atomic E-state index is 13.7. The zero-order valence-electron chi connectivity index (χ0n) is 19.9. The Hall–Kier alpha value is -3.43. The van der Waals surface area contributed by atoms with Gasteiger partial charge in [0.2, 0.25) is 6.39 Å². The predicted octanol–water partition coefficient (Wildman–Crippen LogP) is 4.24. The number of fused-ring (bicyclic) bond motifs is 1. The van der Waals surface area contributed by atoms with Crippen molar-refractivity contribution in [3.63, 3.8) is 0 Å². The van der Waals surface area contributed by atoms with Crippen LogP contribution >= 0.6 is 0 Å². The van der Waals surface area contributed by atoms with E-state index in [0.717, 1.165) is 0 Å². The highest BCUT2D eigenvalue weighted by molar-refractivity contribution is 5.87. The highest BCUT2D eigenvalue weighted by atomic mass is 19.3. The number of benzene rings is 1. The minimum Gasteiger partial charge on any atom is -0.363 e. The first-order chi connectivity index (χ1) is 16.7. The molecule has 0 bridgehead atoms. The number of likely N-dealkylation sites (tertiary alicyclic amines) is 1. The van der Waals surface area contributed by atoms with Crippen LogP contribution in [0, 0.1) is 0 Å². The van der Waals surface area contributed by atoms with Crippen molar-refractivity contribution >= 4 is 23.2 Å². The van der Waals surface area contributed by atoms with Crippen molar-refractivity contribution in [1.29, 1.82) is 0 Å². The van der Waals surface area contributed by atoms with Gasteiger partial charge in [0, 0.05) is 31.3 Å². The summed E-state index contributed by atoms with van der Waals surface area (Å²) in [5.74, 6) is 0.297. The molecular weight excluding hydrogens is 447 g/mol. The fourth-order valence-electron chi connectivity index (χ4n) is 4.65. The number of aryl methyl sites for hydroxylation is 1. The molecule has 1 fully saturated rings. The number of halogens is 3. The van der Waals surface area contributed by atoms with Crippen LogP contribution in [0.5, 0.6) is 0 Å². The summed E-state index contributed by atoms with van der Waals surface area (Å²) in [6, 6.07) is 5.48. The first-order valence-corrected chi connectivity index (χ1v) is 11.0. The Bertz CT molecular complexity index is 1310. The molecule has 3 aromatic rings. The van der Waals surface area contributed by atoms with Crippen LogP contribution in [0.15, 0.2) is 35.4 Å². The summed E-state index contributed by atoms with van der Waals surface area (Å²) in [5.41, 5.74) is 0.767. The second kappa shape index (κ2) is 9.82. The van der Waals surface area contributed by atoms with Gasteiger partial charge < -0.3 is 10.2 Å². The summed E-state index contributed by atoms with van der Waals surface area (Å²) in [4.78, 5) is 34.4. The number of carbonyl (C=O) groups is 1. The van der Waals surface area contributed by atoms with Crippen LogP contribution < -0.4 is 10.9 Å². The molecule has 0 unspecified atom stereocenters.